The number of hydrogen-bond acceptors (Lipinski definition) is 6. The first-order valence-electron chi connectivity index (χ1n) is 2.25. The fourth-order valence-corrected chi connectivity index (χ4v) is 0. The second-order valence-electron chi connectivity index (χ2n) is 1.23. The maximum Gasteiger partial charge on any atom is 2.00 e. The Kier molecular flexibility index (Phi) is 13.3. The van der Waals surface area contributed by atoms with Crippen LogP contribution in [0, 0.1) is 0 Å². The number of halogens is 2. The molecule has 0 spiro atoms. The van der Waals surface area contributed by atoms with E-state index < -0.39 is 15.8 Å². The van der Waals surface area contributed by atoms with Gasteiger partial charge in [-0.1, -0.05) is 0 Å². The van der Waals surface area contributed by atoms with Gasteiger partial charge in [0, 0.05) is 14.2 Å². The van der Waals surface area contributed by atoms with Crippen LogP contribution in [0.3, 0.4) is 0 Å². The summed E-state index contributed by atoms with van der Waals surface area (Å²) in [7, 11) is -8.28. The first kappa shape index (κ1) is 19.9. The van der Waals surface area contributed by atoms with Crippen LogP contribution >= 0.6 is 15.8 Å². The summed E-state index contributed by atoms with van der Waals surface area (Å²) in [5.41, 5.74) is 0. The molecule has 0 bridgehead atoms. The van der Waals surface area contributed by atoms with Gasteiger partial charge in [0.25, 0.3) is 0 Å². The third-order valence-corrected chi connectivity index (χ3v) is 1.31. The Morgan fingerprint density at radius 2 is 1.08 bits per heavy atom. The summed E-state index contributed by atoms with van der Waals surface area (Å²) < 4.78 is 46.6. The molecular formula is C2H6CaF2O6P2. The number of hydrogen-bond donors (Lipinski definition) is 0. The molecule has 6 nitrogen and oxygen atoms in total. The van der Waals surface area contributed by atoms with Crippen molar-refractivity contribution in [2.24, 2.45) is 0 Å². The van der Waals surface area contributed by atoms with Gasteiger partial charge >= 0.3 is 53.6 Å². The molecule has 0 aromatic heterocycles. The zero-order valence-corrected chi connectivity index (χ0v) is 10.8. The van der Waals surface area contributed by atoms with Crippen LogP contribution in [0.5, 0.6) is 0 Å². The van der Waals surface area contributed by atoms with Gasteiger partial charge in [0.15, 0.2) is 0 Å². The molecule has 0 N–H and O–H groups in total. The van der Waals surface area contributed by atoms with E-state index in [1.165, 1.54) is 0 Å². The Balaban J connectivity index is -0.000000143. The Bertz CT molecular complexity index is 177. The average Bonchev–Trinajstić information content (AvgIpc) is 1.86. The van der Waals surface area contributed by atoms with Crippen LogP contribution in [0.4, 0.5) is 8.39 Å². The SMILES string of the molecule is COP(=O)([O-])F.COP(=O)([O-])F.[Ca+2]. The summed E-state index contributed by atoms with van der Waals surface area (Å²) in [6.07, 6.45) is 0. The molecule has 0 amide bonds. The average molecular weight is 266 g/mol. The first-order chi connectivity index (χ1) is 5.12. The molecule has 0 rings (SSSR count). The second kappa shape index (κ2) is 8.71. The minimum atomic E-state index is -4.90. The standard InChI is InChI=1S/2CH4FO3P.Ca/c2*1-5-6(2,3)4;/h2*1H3,(H,3,4);/q;;+2/p-2. The molecule has 0 saturated carbocycles. The van der Waals surface area contributed by atoms with Crippen LogP contribution in [-0.4, -0.2) is 52.0 Å². The zero-order valence-electron chi connectivity index (χ0n) is 6.81. The van der Waals surface area contributed by atoms with Gasteiger partial charge in [-0.05, 0) is 0 Å². The topological polar surface area (TPSA) is 98.7 Å². The van der Waals surface area contributed by atoms with Crippen molar-refractivity contribution in [2.75, 3.05) is 14.2 Å². The predicted octanol–water partition coefficient (Wildman–Crippen LogP) is -0.239. The van der Waals surface area contributed by atoms with Gasteiger partial charge in [-0.15, -0.1) is 0 Å². The van der Waals surface area contributed by atoms with Crippen LogP contribution in [-0.2, 0) is 18.2 Å². The molecule has 0 aliphatic carbocycles. The van der Waals surface area contributed by atoms with Crippen LogP contribution in [0.25, 0.3) is 0 Å². The molecule has 2 unspecified atom stereocenters. The molecule has 2 atom stereocenters. The molecule has 0 aliphatic rings. The van der Waals surface area contributed by atoms with Gasteiger partial charge in [-0.25, -0.2) is 0 Å². The van der Waals surface area contributed by atoms with Crippen molar-refractivity contribution >= 4 is 53.6 Å². The van der Waals surface area contributed by atoms with Gasteiger partial charge in [0.2, 0.25) is 0 Å². The van der Waals surface area contributed by atoms with Crippen molar-refractivity contribution in [1.82, 2.24) is 0 Å². The molecule has 0 aliphatic heterocycles. The minimum absolute atomic E-state index is 0. The molecule has 0 aromatic rings. The van der Waals surface area contributed by atoms with Crippen LogP contribution < -0.4 is 9.79 Å². The molecule has 0 aromatic carbocycles. The Morgan fingerprint density at radius 3 is 1.08 bits per heavy atom. The van der Waals surface area contributed by atoms with Gasteiger partial charge in [-0.2, -0.15) is 8.39 Å². The molecule has 76 valence electrons. The quantitative estimate of drug-likeness (QED) is 0.505. The summed E-state index contributed by atoms with van der Waals surface area (Å²) in [6.45, 7) is 0. The maximum absolute atomic E-state index is 10.9. The second-order valence-corrected chi connectivity index (χ2v) is 3.68. The smallest absolute Gasteiger partial charge is 0.753 e. The molecule has 13 heavy (non-hydrogen) atoms. The zero-order chi connectivity index (χ0) is 10.4. The van der Waals surface area contributed by atoms with E-state index in [9.17, 15) is 8.39 Å². The number of rotatable bonds is 2. The van der Waals surface area contributed by atoms with Crippen LogP contribution in [0.1, 0.15) is 0 Å². The summed E-state index contributed by atoms with van der Waals surface area (Å²) >= 11 is 0. The van der Waals surface area contributed by atoms with Crippen LogP contribution in [0.15, 0.2) is 0 Å². The van der Waals surface area contributed by atoms with E-state index in [0.29, 0.717) is 0 Å². The van der Waals surface area contributed by atoms with Gasteiger partial charge in [-0.3, -0.25) is 9.13 Å². The predicted molar refractivity (Wildman–Crippen MR) is 37.2 cm³/mol. The van der Waals surface area contributed by atoms with E-state index in [0.717, 1.165) is 14.2 Å². The largest absolute Gasteiger partial charge is 2.00 e. The van der Waals surface area contributed by atoms with Crippen molar-refractivity contribution < 1.29 is 36.4 Å². The third-order valence-electron chi connectivity index (χ3n) is 0.436. The summed E-state index contributed by atoms with van der Waals surface area (Å²) in [5, 5.41) is 0. The van der Waals surface area contributed by atoms with E-state index in [-0.39, 0.29) is 37.7 Å². The molecular weight excluding hydrogens is 260 g/mol. The molecule has 11 heteroatoms. The Labute approximate surface area is 104 Å². The molecule has 0 heterocycles. The first-order valence-corrected chi connectivity index (χ1v) is 5.12. The van der Waals surface area contributed by atoms with Crippen molar-refractivity contribution in [1.29, 1.82) is 0 Å². The maximum atomic E-state index is 10.9. The molecule has 0 radical (unpaired) electrons. The van der Waals surface area contributed by atoms with Crippen LogP contribution in [0.2, 0.25) is 0 Å². The van der Waals surface area contributed by atoms with E-state index in [1.54, 1.807) is 0 Å². The summed E-state index contributed by atoms with van der Waals surface area (Å²) in [4.78, 5) is 18.3. The molecule has 0 saturated heterocycles. The third kappa shape index (κ3) is 31.8. The van der Waals surface area contributed by atoms with E-state index >= 15 is 0 Å². The van der Waals surface area contributed by atoms with Gasteiger partial charge in [0.1, 0.15) is 0 Å². The minimum Gasteiger partial charge on any atom is -0.753 e. The normalized spacial score (nSPS) is 18.3. The Morgan fingerprint density at radius 1 is 1.00 bits per heavy atom. The van der Waals surface area contributed by atoms with E-state index in [2.05, 4.69) is 9.05 Å². The summed E-state index contributed by atoms with van der Waals surface area (Å²) in [6, 6.07) is 0. The monoisotopic (exact) mass is 266 g/mol. The van der Waals surface area contributed by atoms with Crippen molar-refractivity contribution in [3.05, 3.63) is 0 Å². The van der Waals surface area contributed by atoms with Gasteiger partial charge in [0.05, 0.1) is 0 Å². The fourth-order valence-electron chi connectivity index (χ4n) is 0. The van der Waals surface area contributed by atoms with Gasteiger partial charge < -0.3 is 18.8 Å². The fraction of sp³-hybridized carbons (Fsp3) is 1.00. The van der Waals surface area contributed by atoms with E-state index in [4.69, 9.17) is 18.9 Å². The van der Waals surface area contributed by atoms with Crippen molar-refractivity contribution in [3.8, 4) is 0 Å². The van der Waals surface area contributed by atoms with E-state index in [1.807, 2.05) is 0 Å². The van der Waals surface area contributed by atoms with Crippen molar-refractivity contribution in [3.63, 3.8) is 0 Å². The van der Waals surface area contributed by atoms with Crippen molar-refractivity contribution in [2.45, 2.75) is 0 Å². The Hall–Kier alpha value is 1.42. The molecule has 0 fully saturated rings. The summed E-state index contributed by atoms with van der Waals surface area (Å²) in [5.74, 6) is 0.